The van der Waals surface area contributed by atoms with Gasteiger partial charge in [-0.1, -0.05) is 23.7 Å². The summed E-state index contributed by atoms with van der Waals surface area (Å²) in [6, 6.07) is 7.86. The fraction of sp³-hybridized carbons (Fsp3) is 0.500. The van der Waals surface area contributed by atoms with Crippen LogP contribution in [0.5, 0.6) is 0 Å². The van der Waals surface area contributed by atoms with Crippen molar-refractivity contribution in [1.82, 2.24) is 10.6 Å². The third-order valence-corrected chi connectivity index (χ3v) is 2.49. The fourth-order valence-corrected chi connectivity index (χ4v) is 1.50. The highest BCUT2D eigenvalue weighted by Gasteiger charge is 1.92. The second-order valence-electron chi connectivity index (χ2n) is 3.63. The van der Waals surface area contributed by atoms with Crippen LogP contribution in [-0.2, 0) is 6.54 Å². The average molecular weight is 316 g/mol. The summed E-state index contributed by atoms with van der Waals surface area (Å²) >= 11 is 5.79. The van der Waals surface area contributed by atoms with Crippen molar-refractivity contribution in [2.45, 2.75) is 13.0 Å². The van der Waals surface area contributed by atoms with Crippen LogP contribution >= 0.6 is 36.4 Å². The molecular formula is C12H21Cl3N2O. The molecular weight excluding hydrogens is 295 g/mol. The Labute approximate surface area is 126 Å². The lowest BCUT2D eigenvalue weighted by Crippen LogP contribution is -2.23. The molecule has 3 N–H and O–H groups in total. The van der Waals surface area contributed by atoms with Crippen molar-refractivity contribution >= 4 is 36.4 Å². The van der Waals surface area contributed by atoms with Crippen molar-refractivity contribution < 1.29 is 5.11 Å². The van der Waals surface area contributed by atoms with E-state index in [9.17, 15) is 0 Å². The molecule has 0 amide bonds. The van der Waals surface area contributed by atoms with Gasteiger partial charge in [0.1, 0.15) is 0 Å². The molecule has 1 aromatic rings. The van der Waals surface area contributed by atoms with Crippen LogP contribution in [0.15, 0.2) is 24.3 Å². The van der Waals surface area contributed by atoms with E-state index >= 15 is 0 Å². The van der Waals surface area contributed by atoms with Gasteiger partial charge in [-0.2, -0.15) is 0 Å². The summed E-state index contributed by atoms with van der Waals surface area (Å²) < 4.78 is 0. The molecule has 0 unspecified atom stereocenters. The van der Waals surface area contributed by atoms with Crippen molar-refractivity contribution in [3.05, 3.63) is 34.9 Å². The van der Waals surface area contributed by atoms with Gasteiger partial charge in [0.25, 0.3) is 0 Å². The molecule has 0 aliphatic carbocycles. The van der Waals surface area contributed by atoms with Gasteiger partial charge in [0.2, 0.25) is 0 Å². The number of nitrogens with one attached hydrogen (secondary N) is 2. The lowest BCUT2D eigenvalue weighted by Gasteiger charge is -2.05. The molecule has 0 saturated heterocycles. The molecule has 1 rings (SSSR count). The fourth-order valence-electron chi connectivity index (χ4n) is 1.38. The monoisotopic (exact) mass is 314 g/mol. The van der Waals surface area contributed by atoms with Crippen molar-refractivity contribution in [2.75, 3.05) is 26.2 Å². The molecule has 6 heteroatoms. The minimum Gasteiger partial charge on any atom is -0.395 e. The van der Waals surface area contributed by atoms with Gasteiger partial charge >= 0.3 is 0 Å². The quantitative estimate of drug-likeness (QED) is 0.645. The summed E-state index contributed by atoms with van der Waals surface area (Å²) in [7, 11) is 0. The topological polar surface area (TPSA) is 44.3 Å². The average Bonchev–Trinajstić information content (AvgIpc) is 2.30. The van der Waals surface area contributed by atoms with E-state index in [1.807, 2.05) is 24.3 Å². The van der Waals surface area contributed by atoms with Crippen LogP contribution in [0.4, 0.5) is 0 Å². The summed E-state index contributed by atoms with van der Waals surface area (Å²) in [5.74, 6) is 0. The largest absolute Gasteiger partial charge is 0.395 e. The SMILES string of the molecule is Cl.Cl.OCCNCCCNCc1ccc(Cl)cc1. The van der Waals surface area contributed by atoms with Crippen LogP contribution in [-0.4, -0.2) is 31.3 Å². The third kappa shape index (κ3) is 9.95. The van der Waals surface area contributed by atoms with Crippen LogP contribution < -0.4 is 10.6 Å². The molecule has 0 aromatic heterocycles. The molecule has 0 saturated carbocycles. The Hall–Kier alpha value is -0.0300. The highest BCUT2D eigenvalue weighted by molar-refractivity contribution is 6.30. The predicted octanol–water partition coefficient (Wildman–Crippen LogP) is 2.25. The maximum absolute atomic E-state index is 8.55. The second kappa shape index (κ2) is 13.4. The van der Waals surface area contributed by atoms with E-state index in [0.29, 0.717) is 6.54 Å². The van der Waals surface area contributed by atoms with Crippen LogP contribution in [0.3, 0.4) is 0 Å². The van der Waals surface area contributed by atoms with Crippen molar-refractivity contribution in [2.24, 2.45) is 0 Å². The normalized spacial score (nSPS) is 9.44. The number of hydrogen-bond acceptors (Lipinski definition) is 3. The number of halogens is 3. The maximum atomic E-state index is 8.55. The molecule has 106 valence electrons. The summed E-state index contributed by atoms with van der Waals surface area (Å²) in [5, 5.41) is 15.8. The van der Waals surface area contributed by atoms with Crippen LogP contribution in [0.2, 0.25) is 5.02 Å². The standard InChI is InChI=1S/C12H19ClN2O.2ClH/c13-12-4-2-11(3-5-12)10-15-7-1-6-14-8-9-16;;/h2-5,14-16H,1,6-10H2;2*1H. The van der Waals surface area contributed by atoms with Crippen molar-refractivity contribution in [1.29, 1.82) is 0 Å². The molecule has 0 aliphatic heterocycles. The Morgan fingerprint density at radius 1 is 0.944 bits per heavy atom. The Morgan fingerprint density at radius 2 is 1.56 bits per heavy atom. The highest BCUT2D eigenvalue weighted by atomic mass is 35.5. The predicted molar refractivity (Wildman–Crippen MR) is 82.2 cm³/mol. The molecule has 18 heavy (non-hydrogen) atoms. The first-order valence-corrected chi connectivity index (χ1v) is 5.97. The number of aliphatic hydroxyl groups is 1. The molecule has 0 spiro atoms. The lowest BCUT2D eigenvalue weighted by molar-refractivity contribution is 0.292. The summed E-state index contributed by atoms with van der Waals surface area (Å²) in [6.07, 6.45) is 1.06. The zero-order chi connectivity index (χ0) is 11.6. The van der Waals surface area contributed by atoms with E-state index in [4.69, 9.17) is 16.7 Å². The molecule has 0 heterocycles. The van der Waals surface area contributed by atoms with Gasteiger partial charge in [0, 0.05) is 18.1 Å². The van der Waals surface area contributed by atoms with Crippen LogP contribution in [0.25, 0.3) is 0 Å². The minimum atomic E-state index is 0. The number of hydrogen-bond donors (Lipinski definition) is 3. The van der Waals surface area contributed by atoms with Gasteiger partial charge in [0.05, 0.1) is 6.61 Å². The van der Waals surface area contributed by atoms with Gasteiger partial charge in [-0.15, -0.1) is 24.8 Å². The number of aliphatic hydroxyl groups excluding tert-OH is 1. The Bertz CT molecular complexity index is 283. The molecule has 3 nitrogen and oxygen atoms in total. The highest BCUT2D eigenvalue weighted by Crippen LogP contribution is 2.08. The van der Waals surface area contributed by atoms with Gasteiger partial charge in [-0.3, -0.25) is 0 Å². The van der Waals surface area contributed by atoms with Gasteiger partial charge in [-0.05, 0) is 37.2 Å². The number of benzene rings is 1. The molecule has 0 fully saturated rings. The van der Waals surface area contributed by atoms with E-state index in [2.05, 4.69) is 10.6 Å². The Balaban J connectivity index is 0. The van der Waals surface area contributed by atoms with Crippen molar-refractivity contribution in [3.8, 4) is 0 Å². The van der Waals surface area contributed by atoms with Crippen LogP contribution in [0, 0.1) is 0 Å². The molecule has 0 radical (unpaired) electrons. The Kier molecular flexibility index (Phi) is 15.1. The first-order valence-electron chi connectivity index (χ1n) is 5.59. The minimum absolute atomic E-state index is 0. The van der Waals surface area contributed by atoms with Gasteiger partial charge < -0.3 is 15.7 Å². The number of rotatable bonds is 8. The van der Waals surface area contributed by atoms with E-state index < -0.39 is 0 Å². The first kappa shape index (κ1) is 20.3. The molecule has 1 aromatic carbocycles. The third-order valence-electron chi connectivity index (χ3n) is 2.24. The zero-order valence-corrected chi connectivity index (χ0v) is 12.6. The van der Waals surface area contributed by atoms with Crippen molar-refractivity contribution in [3.63, 3.8) is 0 Å². The lowest BCUT2D eigenvalue weighted by atomic mass is 10.2. The Morgan fingerprint density at radius 3 is 2.17 bits per heavy atom. The van der Waals surface area contributed by atoms with E-state index in [1.165, 1.54) is 5.56 Å². The maximum Gasteiger partial charge on any atom is 0.0555 e. The summed E-state index contributed by atoms with van der Waals surface area (Å²) in [5.41, 5.74) is 1.24. The van der Waals surface area contributed by atoms with E-state index in [0.717, 1.165) is 31.1 Å². The van der Waals surface area contributed by atoms with Gasteiger partial charge in [-0.25, -0.2) is 0 Å². The van der Waals surface area contributed by atoms with E-state index in [-0.39, 0.29) is 31.4 Å². The van der Waals surface area contributed by atoms with Crippen LogP contribution in [0.1, 0.15) is 12.0 Å². The summed E-state index contributed by atoms with van der Waals surface area (Å²) in [6.45, 7) is 3.67. The zero-order valence-electron chi connectivity index (χ0n) is 10.2. The molecule has 0 bridgehead atoms. The molecule has 0 atom stereocenters. The second-order valence-corrected chi connectivity index (χ2v) is 4.07. The van der Waals surface area contributed by atoms with E-state index in [1.54, 1.807) is 0 Å². The summed E-state index contributed by atoms with van der Waals surface area (Å²) in [4.78, 5) is 0. The van der Waals surface area contributed by atoms with Gasteiger partial charge in [0.15, 0.2) is 0 Å². The first-order chi connectivity index (χ1) is 7.83. The smallest absolute Gasteiger partial charge is 0.0555 e. The molecule has 0 aliphatic rings.